The molecule has 128 valence electrons. The van der Waals surface area contributed by atoms with E-state index in [4.69, 9.17) is 5.73 Å². The van der Waals surface area contributed by atoms with Gasteiger partial charge in [-0.05, 0) is 37.0 Å². The normalized spacial score (nSPS) is 19.3. The highest BCUT2D eigenvalue weighted by Gasteiger charge is 2.30. The molecule has 0 bridgehead atoms. The van der Waals surface area contributed by atoms with Crippen molar-refractivity contribution in [1.82, 2.24) is 4.31 Å². The van der Waals surface area contributed by atoms with Gasteiger partial charge < -0.3 is 10.6 Å². The van der Waals surface area contributed by atoms with Crippen LogP contribution >= 0.6 is 12.4 Å². The summed E-state index contributed by atoms with van der Waals surface area (Å²) in [7, 11) is -3.52. The van der Waals surface area contributed by atoms with E-state index in [-0.39, 0.29) is 29.3 Å². The van der Waals surface area contributed by atoms with Gasteiger partial charge in [-0.1, -0.05) is 6.07 Å². The molecule has 2 N–H and O–H groups in total. The zero-order valence-corrected chi connectivity index (χ0v) is 14.7. The lowest BCUT2D eigenvalue weighted by Gasteiger charge is -2.29. The Morgan fingerprint density at radius 3 is 2.48 bits per heavy atom. The van der Waals surface area contributed by atoms with Gasteiger partial charge in [0.05, 0.1) is 4.90 Å². The number of fused-ring (bicyclic) bond motifs is 1. The monoisotopic (exact) mass is 359 g/mol. The third-order valence-corrected chi connectivity index (χ3v) is 6.36. The van der Waals surface area contributed by atoms with Crippen molar-refractivity contribution in [2.75, 3.05) is 24.5 Å². The van der Waals surface area contributed by atoms with Gasteiger partial charge in [-0.3, -0.25) is 4.79 Å². The van der Waals surface area contributed by atoms with Crippen molar-refractivity contribution in [3.8, 4) is 0 Å². The van der Waals surface area contributed by atoms with Crippen LogP contribution in [-0.4, -0.2) is 44.3 Å². The summed E-state index contributed by atoms with van der Waals surface area (Å²) in [6.45, 7) is 3.03. The number of hydrogen-bond acceptors (Lipinski definition) is 4. The molecule has 8 heteroatoms. The van der Waals surface area contributed by atoms with Gasteiger partial charge >= 0.3 is 0 Å². The first-order chi connectivity index (χ1) is 10.4. The summed E-state index contributed by atoms with van der Waals surface area (Å²) in [5.74, 6) is -0.0581. The van der Waals surface area contributed by atoms with Crippen LogP contribution in [0.5, 0.6) is 0 Å². The fourth-order valence-corrected chi connectivity index (χ4v) is 4.60. The highest BCUT2D eigenvalue weighted by atomic mass is 35.5. The minimum absolute atomic E-state index is 0. The van der Waals surface area contributed by atoms with E-state index in [1.54, 1.807) is 17.0 Å². The van der Waals surface area contributed by atoms with Gasteiger partial charge in [0.15, 0.2) is 0 Å². The van der Waals surface area contributed by atoms with Gasteiger partial charge in [-0.2, -0.15) is 4.31 Å². The molecule has 2 aliphatic heterocycles. The van der Waals surface area contributed by atoms with Gasteiger partial charge in [0.1, 0.15) is 0 Å². The van der Waals surface area contributed by atoms with E-state index >= 15 is 0 Å². The van der Waals surface area contributed by atoms with Crippen molar-refractivity contribution >= 4 is 34.0 Å². The molecule has 1 saturated heterocycles. The second-order valence-corrected chi connectivity index (χ2v) is 7.89. The highest BCUT2D eigenvalue weighted by molar-refractivity contribution is 7.89. The van der Waals surface area contributed by atoms with Crippen LogP contribution in [0.25, 0.3) is 0 Å². The van der Waals surface area contributed by atoms with Crippen LogP contribution in [0.4, 0.5) is 5.69 Å². The fraction of sp³-hybridized carbons (Fsp3) is 0.533. The quantitative estimate of drug-likeness (QED) is 0.857. The molecule has 6 nitrogen and oxygen atoms in total. The second kappa shape index (κ2) is 6.76. The number of amides is 1. The number of carbonyl (C=O) groups excluding carboxylic acids is 1. The number of anilines is 1. The zero-order chi connectivity index (χ0) is 15.9. The molecule has 23 heavy (non-hydrogen) atoms. The molecular weight excluding hydrogens is 338 g/mol. The summed E-state index contributed by atoms with van der Waals surface area (Å²) in [4.78, 5) is 13.6. The minimum atomic E-state index is -3.52. The predicted octanol–water partition coefficient (Wildman–Crippen LogP) is 1.13. The summed E-state index contributed by atoms with van der Waals surface area (Å²) in [6, 6.07) is 5.18. The molecule has 0 aromatic heterocycles. The van der Waals surface area contributed by atoms with Crippen molar-refractivity contribution in [3.05, 3.63) is 23.8 Å². The maximum absolute atomic E-state index is 12.8. The van der Waals surface area contributed by atoms with Gasteiger partial charge in [0, 0.05) is 38.3 Å². The van der Waals surface area contributed by atoms with Crippen molar-refractivity contribution in [2.45, 2.75) is 37.1 Å². The topological polar surface area (TPSA) is 83.7 Å². The van der Waals surface area contributed by atoms with E-state index in [2.05, 4.69) is 0 Å². The minimum Gasteiger partial charge on any atom is -0.328 e. The Hall–Kier alpha value is -1.15. The number of halogens is 1. The smallest absolute Gasteiger partial charge is 0.243 e. The molecule has 2 aliphatic rings. The van der Waals surface area contributed by atoms with E-state index in [1.165, 1.54) is 11.2 Å². The van der Waals surface area contributed by atoms with Gasteiger partial charge in [0.25, 0.3) is 0 Å². The number of benzene rings is 1. The Labute approximate surface area is 143 Å². The van der Waals surface area contributed by atoms with Gasteiger partial charge in [0.2, 0.25) is 15.9 Å². The molecule has 1 fully saturated rings. The summed E-state index contributed by atoms with van der Waals surface area (Å²) < 4.78 is 27.0. The Morgan fingerprint density at radius 2 is 1.87 bits per heavy atom. The number of rotatable bonds is 2. The Morgan fingerprint density at radius 1 is 1.22 bits per heavy atom. The maximum atomic E-state index is 12.8. The summed E-state index contributed by atoms with van der Waals surface area (Å²) in [6.07, 6.45) is 2.14. The first kappa shape index (κ1) is 18.2. The number of carbonyl (C=O) groups is 1. The molecule has 3 rings (SSSR count). The first-order valence-electron chi connectivity index (χ1n) is 7.56. The molecule has 1 amide bonds. The molecule has 0 unspecified atom stereocenters. The molecule has 0 aliphatic carbocycles. The van der Waals surface area contributed by atoms with E-state index in [0.717, 1.165) is 17.7 Å². The van der Waals surface area contributed by atoms with Crippen molar-refractivity contribution < 1.29 is 13.2 Å². The standard InChI is InChI=1S/C15H21N3O3S.ClH/c1-11(19)18-9-4-12-2-3-14(10-15(12)18)22(20,21)17-7-5-13(16)6-8-17;/h2-3,10,13H,4-9,16H2,1H3;1H. The van der Waals surface area contributed by atoms with E-state index in [1.807, 2.05) is 6.07 Å². The lowest BCUT2D eigenvalue weighted by Crippen LogP contribution is -2.42. The third kappa shape index (κ3) is 3.38. The SMILES string of the molecule is CC(=O)N1CCc2ccc(S(=O)(=O)N3CCC(N)CC3)cc21.Cl. The van der Waals surface area contributed by atoms with Crippen molar-refractivity contribution in [2.24, 2.45) is 5.73 Å². The second-order valence-electron chi connectivity index (χ2n) is 5.95. The Kier molecular flexibility index (Phi) is 5.35. The molecular formula is C15H22ClN3O3S. The van der Waals surface area contributed by atoms with Crippen LogP contribution in [0.1, 0.15) is 25.3 Å². The average molecular weight is 360 g/mol. The average Bonchev–Trinajstić information content (AvgIpc) is 2.90. The maximum Gasteiger partial charge on any atom is 0.243 e. The van der Waals surface area contributed by atoms with Crippen LogP contribution < -0.4 is 10.6 Å². The van der Waals surface area contributed by atoms with E-state index < -0.39 is 10.0 Å². The van der Waals surface area contributed by atoms with Crippen molar-refractivity contribution in [1.29, 1.82) is 0 Å². The van der Waals surface area contributed by atoms with Gasteiger partial charge in [-0.15, -0.1) is 12.4 Å². The molecule has 1 aromatic carbocycles. The van der Waals surface area contributed by atoms with Crippen LogP contribution in [0.15, 0.2) is 23.1 Å². The predicted molar refractivity (Wildman–Crippen MR) is 91.4 cm³/mol. The number of nitrogens with zero attached hydrogens (tertiary/aromatic N) is 2. The molecule has 0 saturated carbocycles. The van der Waals surface area contributed by atoms with Crippen LogP contribution in [0, 0.1) is 0 Å². The van der Waals surface area contributed by atoms with Crippen LogP contribution in [0.2, 0.25) is 0 Å². The van der Waals surface area contributed by atoms with E-state index in [0.29, 0.717) is 32.5 Å². The molecule has 0 spiro atoms. The molecule has 0 radical (unpaired) electrons. The summed E-state index contributed by atoms with van der Waals surface area (Å²) >= 11 is 0. The number of sulfonamides is 1. The molecule has 1 aromatic rings. The van der Waals surface area contributed by atoms with Crippen LogP contribution in [-0.2, 0) is 21.2 Å². The lowest BCUT2D eigenvalue weighted by atomic mass is 10.1. The van der Waals surface area contributed by atoms with E-state index in [9.17, 15) is 13.2 Å². The fourth-order valence-electron chi connectivity index (χ4n) is 3.11. The highest BCUT2D eigenvalue weighted by Crippen LogP contribution is 2.32. The largest absolute Gasteiger partial charge is 0.328 e. The van der Waals surface area contributed by atoms with Crippen LogP contribution in [0.3, 0.4) is 0 Å². The summed E-state index contributed by atoms with van der Waals surface area (Å²) in [5, 5.41) is 0. The zero-order valence-electron chi connectivity index (χ0n) is 13.1. The third-order valence-electron chi connectivity index (χ3n) is 4.47. The molecule has 2 heterocycles. The Bertz CT molecular complexity index is 700. The Balaban J connectivity index is 0.00000192. The number of nitrogens with two attached hydrogens (primary N) is 1. The number of hydrogen-bond donors (Lipinski definition) is 1. The summed E-state index contributed by atoms with van der Waals surface area (Å²) in [5.41, 5.74) is 7.59. The lowest BCUT2D eigenvalue weighted by molar-refractivity contribution is -0.116. The van der Waals surface area contributed by atoms with Crippen molar-refractivity contribution in [3.63, 3.8) is 0 Å². The van der Waals surface area contributed by atoms with Gasteiger partial charge in [-0.25, -0.2) is 8.42 Å². The number of piperidine rings is 1. The molecule has 0 atom stereocenters. The first-order valence-corrected chi connectivity index (χ1v) is 9.00.